The van der Waals surface area contributed by atoms with E-state index in [1.54, 1.807) is 24.3 Å². The molecule has 0 saturated carbocycles. The van der Waals surface area contributed by atoms with Crippen molar-refractivity contribution in [3.05, 3.63) is 35.4 Å². The van der Waals surface area contributed by atoms with Crippen LogP contribution in [0.25, 0.3) is 0 Å². The molecule has 0 N–H and O–H groups in total. The van der Waals surface area contributed by atoms with Crippen LogP contribution in [0, 0.1) is 0 Å². The minimum atomic E-state index is -3.79. The number of carbonyl (C=O) groups is 2. The van der Waals surface area contributed by atoms with Crippen LogP contribution in [0.5, 0.6) is 0 Å². The first-order chi connectivity index (χ1) is 9.25. The fourth-order valence-electron chi connectivity index (χ4n) is 1.63. The molecule has 1 rings (SSSR count). The molecule has 1 aromatic rings. The lowest BCUT2D eigenvalue weighted by molar-refractivity contribution is -0.137. The average Bonchev–Trinajstić information content (AvgIpc) is 2.37. The van der Waals surface area contributed by atoms with E-state index >= 15 is 0 Å². The average molecular weight is 298 g/mol. The molecule has 0 aliphatic heterocycles. The Morgan fingerprint density at radius 2 is 1.65 bits per heavy atom. The van der Waals surface area contributed by atoms with Gasteiger partial charge in [0.05, 0.1) is 7.11 Å². The maximum atomic E-state index is 11.9. The van der Waals surface area contributed by atoms with Crippen LogP contribution in [-0.4, -0.2) is 38.8 Å². The predicted molar refractivity (Wildman–Crippen MR) is 75.5 cm³/mol. The molecule has 0 fully saturated rings. The van der Waals surface area contributed by atoms with Crippen molar-refractivity contribution in [2.75, 3.05) is 18.6 Å². The predicted octanol–water partition coefficient (Wildman–Crippen LogP) is 1.58. The van der Waals surface area contributed by atoms with Crippen molar-refractivity contribution in [2.45, 2.75) is 19.8 Å². The molecule has 0 aliphatic carbocycles. The molecule has 1 aromatic carbocycles. The van der Waals surface area contributed by atoms with Gasteiger partial charge in [-0.2, -0.15) is 0 Å². The Balaban J connectivity index is 2.78. The number of methoxy groups -OCH3 is 1. The Morgan fingerprint density at radius 3 is 2.10 bits per heavy atom. The molecular formula is C14H18O5S. The molecule has 0 spiro atoms. The molecule has 0 radical (unpaired) electrons. The van der Waals surface area contributed by atoms with E-state index in [9.17, 15) is 18.0 Å². The van der Waals surface area contributed by atoms with Crippen molar-refractivity contribution < 1.29 is 22.7 Å². The van der Waals surface area contributed by atoms with Crippen molar-refractivity contribution in [3.8, 4) is 0 Å². The summed E-state index contributed by atoms with van der Waals surface area (Å²) in [5.74, 6) is -2.53. The lowest BCUT2D eigenvalue weighted by Gasteiger charge is -2.07. The first-order valence-corrected chi connectivity index (χ1v) is 7.97. The van der Waals surface area contributed by atoms with E-state index in [0.29, 0.717) is 11.5 Å². The third-order valence-electron chi connectivity index (χ3n) is 2.82. The van der Waals surface area contributed by atoms with Gasteiger partial charge in [0.1, 0.15) is 11.5 Å². The van der Waals surface area contributed by atoms with Gasteiger partial charge in [0.15, 0.2) is 15.6 Å². The molecule has 0 bridgehead atoms. The van der Waals surface area contributed by atoms with Crippen LogP contribution in [0.15, 0.2) is 24.3 Å². The minimum absolute atomic E-state index is 0.322. The van der Waals surface area contributed by atoms with E-state index in [0.717, 1.165) is 12.7 Å². The van der Waals surface area contributed by atoms with E-state index in [-0.39, 0.29) is 0 Å². The molecule has 20 heavy (non-hydrogen) atoms. The van der Waals surface area contributed by atoms with Gasteiger partial charge in [-0.1, -0.05) is 38.1 Å². The molecule has 0 atom stereocenters. The first kappa shape index (κ1) is 16.4. The summed E-state index contributed by atoms with van der Waals surface area (Å²) in [4.78, 5) is 22.8. The topological polar surface area (TPSA) is 77.5 Å². The number of hydrogen-bond acceptors (Lipinski definition) is 5. The highest BCUT2D eigenvalue weighted by Gasteiger charge is 2.22. The summed E-state index contributed by atoms with van der Waals surface area (Å²) in [5.41, 5.74) is 1.39. The number of sulfone groups is 1. The number of carbonyl (C=O) groups excluding carboxylic acids is 2. The zero-order valence-electron chi connectivity index (χ0n) is 11.8. The molecule has 110 valence electrons. The van der Waals surface area contributed by atoms with E-state index in [2.05, 4.69) is 4.74 Å². The van der Waals surface area contributed by atoms with Gasteiger partial charge in [-0.3, -0.25) is 9.59 Å². The summed E-state index contributed by atoms with van der Waals surface area (Å²) >= 11 is 0. The molecule has 0 heterocycles. The standard InChI is InChI=1S/C14H18O5S/c1-10(2)11-4-6-12(7-5-11)13(15)8-20(17,18)9-14(16)19-3/h4-7,10H,8-9H2,1-3H3. The van der Waals surface area contributed by atoms with E-state index in [1.807, 2.05) is 13.8 Å². The molecule has 0 aromatic heterocycles. The number of benzene rings is 1. The van der Waals surface area contributed by atoms with Crippen LogP contribution < -0.4 is 0 Å². The van der Waals surface area contributed by atoms with Gasteiger partial charge in [-0.15, -0.1) is 0 Å². The zero-order valence-corrected chi connectivity index (χ0v) is 12.6. The molecule has 0 amide bonds. The lowest BCUT2D eigenvalue weighted by atomic mass is 10.0. The number of ketones is 1. The largest absolute Gasteiger partial charge is 0.468 e. The second kappa shape index (κ2) is 6.65. The highest BCUT2D eigenvalue weighted by molar-refractivity contribution is 7.92. The summed E-state index contributed by atoms with van der Waals surface area (Å²) in [6, 6.07) is 6.80. The van der Waals surface area contributed by atoms with E-state index in [4.69, 9.17) is 0 Å². The molecule has 0 saturated heterocycles. The van der Waals surface area contributed by atoms with Crippen LogP contribution in [-0.2, 0) is 19.4 Å². The van der Waals surface area contributed by atoms with Crippen molar-refractivity contribution in [3.63, 3.8) is 0 Å². The number of hydrogen-bond donors (Lipinski definition) is 0. The summed E-state index contributed by atoms with van der Waals surface area (Å²) in [7, 11) is -2.69. The highest BCUT2D eigenvalue weighted by atomic mass is 32.2. The zero-order chi connectivity index (χ0) is 15.3. The van der Waals surface area contributed by atoms with Crippen LogP contribution in [0.4, 0.5) is 0 Å². The summed E-state index contributed by atoms with van der Waals surface area (Å²) in [5, 5.41) is 0. The Morgan fingerprint density at radius 1 is 1.10 bits per heavy atom. The number of ether oxygens (including phenoxy) is 1. The Labute approximate surface area is 118 Å². The fraction of sp³-hybridized carbons (Fsp3) is 0.429. The Hall–Kier alpha value is -1.69. The maximum Gasteiger partial charge on any atom is 0.320 e. The minimum Gasteiger partial charge on any atom is -0.468 e. The first-order valence-electron chi connectivity index (χ1n) is 6.15. The normalized spacial score (nSPS) is 11.4. The van der Waals surface area contributed by atoms with Crippen molar-refractivity contribution in [1.82, 2.24) is 0 Å². The SMILES string of the molecule is COC(=O)CS(=O)(=O)CC(=O)c1ccc(C(C)C)cc1. The molecule has 5 nitrogen and oxygen atoms in total. The molecule has 6 heteroatoms. The highest BCUT2D eigenvalue weighted by Crippen LogP contribution is 2.15. The van der Waals surface area contributed by atoms with Crippen LogP contribution >= 0.6 is 0 Å². The van der Waals surface area contributed by atoms with Gasteiger partial charge >= 0.3 is 5.97 Å². The summed E-state index contributed by atoms with van der Waals surface area (Å²) < 4.78 is 27.6. The number of esters is 1. The van der Waals surface area contributed by atoms with Crippen molar-refractivity contribution >= 4 is 21.6 Å². The summed E-state index contributed by atoms with van der Waals surface area (Å²) in [6.45, 7) is 4.05. The number of Topliss-reactive ketones (excluding diaryl/α,β-unsaturated/α-hetero) is 1. The van der Waals surface area contributed by atoms with Crippen LogP contribution in [0.3, 0.4) is 0 Å². The van der Waals surface area contributed by atoms with Crippen LogP contribution in [0.2, 0.25) is 0 Å². The quantitative estimate of drug-likeness (QED) is 0.588. The Kier molecular flexibility index (Phi) is 5.44. The van der Waals surface area contributed by atoms with E-state index < -0.39 is 33.1 Å². The lowest BCUT2D eigenvalue weighted by Crippen LogP contribution is -2.24. The third-order valence-corrected chi connectivity index (χ3v) is 4.19. The summed E-state index contributed by atoms with van der Waals surface area (Å²) in [6.07, 6.45) is 0. The second-order valence-electron chi connectivity index (χ2n) is 4.81. The fourth-order valence-corrected chi connectivity index (χ4v) is 2.77. The van der Waals surface area contributed by atoms with E-state index in [1.165, 1.54) is 0 Å². The maximum absolute atomic E-state index is 11.9. The van der Waals surface area contributed by atoms with Crippen molar-refractivity contribution in [2.24, 2.45) is 0 Å². The molecule has 0 aliphatic rings. The Bertz CT molecular complexity index is 584. The van der Waals surface area contributed by atoms with Gasteiger partial charge in [0.2, 0.25) is 0 Å². The molecular weight excluding hydrogens is 280 g/mol. The van der Waals surface area contributed by atoms with Gasteiger partial charge < -0.3 is 4.74 Å². The van der Waals surface area contributed by atoms with Gasteiger partial charge in [0.25, 0.3) is 0 Å². The molecule has 0 unspecified atom stereocenters. The number of rotatable bonds is 6. The monoisotopic (exact) mass is 298 g/mol. The smallest absolute Gasteiger partial charge is 0.320 e. The van der Waals surface area contributed by atoms with Crippen molar-refractivity contribution in [1.29, 1.82) is 0 Å². The van der Waals surface area contributed by atoms with Gasteiger partial charge in [-0.05, 0) is 11.5 Å². The van der Waals surface area contributed by atoms with Gasteiger partial charge in [0, 0.05) is 5.56 Å². The van der Waals surface area contributed by atoms with Gasteiger partial charge in [-0.25, -0.2) is 8.42 Å². The van der Waals surface area contributed by atoms with Crippen LogP contribution in [0.1, 0.15) is 35.7 Å². The third kappa shape index (κ3) is 4.77. The second-order valence-corrected chi connectivity index (χ2v) is 6.87.